The Bertz CT molecular complexity index is 496. The molecule has 2 aliphatic rings. The summed E-state index contributed by atoms with van der Waals surface area (Å²) in [7, 11) is 0. The predicted molar refractivity (Wildman–Crippen MR) is 78.5 cm³/mol. The quantitative estimate of drug-likeness (QED) is 0.920. The summed E-state index contributed by atoms with van der Waals surface area (Å²) in [6, 6.07) is 1.80. The number of nitrogens with one attached hydrogen (secondary N) is 1. The van der Waals surface area contributed by atoms with Crippen molar-refractivity contribution in [1.29, 1.82) is 0 Å². The van der Waals surface area contributed by atoms with Crippen LogP contribution in [0.25, 0.3) is 0 Å². The molecule has 2 fully saturated rings. The minimum absolute atomic E-state index is 0.00937. The van der Waals surface area contributed by atoms with Gasteiger partial charge in [-0.2, -0.15) is 11.3 Å². The number of hydrogen-bond donors (Lipinski definition) is 1. The van der Waals surface area contributed by atoms with Gasteiger partial charge >= 0.3 is 0 Å². The fourth-order valence-corrected chi connectivity index (χ4v) is 3.54. The molecule has 5 heteroatoms. The largest absolute Gasteiger partial charge is 0.344 e. The Morgan fingerprint density at radius 1 is 1.40 bits per heavy atom. The summed E-state index contributed by atoms with van der Waals surface area (Å²) >= 11 is 1.68. The molecule has 4 nitrogen and oxygen atoms in total. The van der Waals surface area contributed by atoms with Gasteiger partial charge in [-0.05, 0) is 54.5 Å². The molecule has 0 spiro atoms. The number of nitrogens with zero attached hydrogens (tertiary/aromatic N) is 1. The van der Waals surface area contributed by atoms with E-state index in [0.29, 0.717) is 18.9 Å². The summed E-state index contributed by atoms with van der Waals surface area (Å²) in [4.78, 5) is 26.4. The zero-order valence-electron chi connectivity index (χ0n) is 11.7. The molecular formula is C15H20N2O2S. The normalized spacial score (nSPS) is 27.4. The van der Waals surface area contributed by atoms with Crippen LogP contribution in [0.5, 0.6) is 0 Å². The Morgan fingerprint density at radius 3 is 2.85 bits per heavy atom. The monoisotopic (exact) mass is 292 g/mol. The second kappa shape index (κ2) is 5.56. The molecule has 0 radical (unpaired) electrons. The molecule has 1 aromatic rings. The third kappa shape index (κ3) is 2.87. The topological polar surface area (TPSA) is 49.4 Å². The van der Waals surface area contributed by atoms with Crippen LogP contribution in [-0.2, 0) is 16.0 Å². The first-order valence-corrected chi connectivity index (χ1v) is 8.20. The van der Waals surface area contributed by atoms with Gasteiger partial charge in [0.1, 0.15) is 6.04 Å². The Balaban J connectivity index is 1.71. The van der Waals surface area contributed by atoms with Gasteiger partial charge in [0.2, 0.25) is 11.8 Å². The summed E-state index contributed by atoms with van der Waals surface area (Å²) in [6.07, 6.45) is 3.40. The Hall–Kier alpha value is -1.36. The molecule has 108 valence electrons. The molecule has 2 amide bonds. The lowest BCUT2D eigenvalue weighted by molar-refractivity contribution is -0.135. The smallest absolute Gasteiger partial charge is 0.245 e. The number of thiophene rings is 1. The fourth-order valence-electron chi connectivity index (χ4n) is 2.83. The summed E-state index contributed by atoms with van der Waals surface area (Å²) in [5.41, 5.74) is 1.27. The van der Waals surface area contributed by atoms with Crippen LogP contribution < -0.4 is 5.32 Å². The van der Waals surface area contributed by atoms with Crippen molar-refractivity contribution in [2.75, 3.05) is 6.54 Å². The maximum atomic E-state index is 12.7. The van der Waals surface area contributed by atoms with Crippen molar-refractivity contribution in [3.8, 4) is 0 Å². The molecule has 20 heavy (non-hydrogen) atoms. The summed E-state index contributed by atoms with van der Waals surface area (Å²) in [5, 5.41) is 7.09. The Morgan fingerprint density at radius 2 is 2.20 bits per heavy atom. The highest BCUT2D eigenvalue weighted by Crippen LogP contribution is 2.34. The number of hydrogen-bond acceptors (Lipinski definition) is 3. The van der Waals surface area contributed by atoms with Crippen LogP contribution in [0.2, 0.25) is 0 Å². The van der Waals surface area contributed by atoms with Gasteiger partial charge in [0.25, 0.3) is 0 Å². The number of rotatable bonds is 4. The zero-order valence-corrected chi connectivity index (χ0v) is 12.5. The molecule has 3 rings (SSSR count). The molecule has 1 saturated carbocycles. The minimum Gasteiger partial charge on any atom is -0.344 e. The van der Waals surface area contributed by atoms with Gasteiger partial charge in [-0.1, -0.05) is 0 Å². The van der Waals surface area contributed by atoms with Crippen molar-refractivity contribution in [3.63, 3.8) is 0 Å². The lowest BCUT2D eigenvalue weighted by Gasteiger charge is -2.28. The van der Waals surface area contributed by atoms with E-state index < -0.39 is 0 Å². The van der Waals surface area contributed by atoms with Crippen LogP contribution in [0, 0.1) is 5.92 Å². The van der Waals surface area contributed by atoms with E-state index in [1.165, 1.54) is 5.56 Å². The molecule has 1 aromatic heterocycles. The van der Waals surface area contributed by atoms with Gasteiger partial charge in [-0.3, -0.25) is 9.59 Å². The molecule has 2 unspecified atom stereocenters. The molecule has 2 atom stereocenters. The van der Waals surface area contributed by atoms with Gasteiger partial charge in [0.15, 0.2) is 0 Å². The van der Waals surface area contributed by atoms with E-state index in [9.17, 15) is 9.59 Å². The van der Waals surface area contributed by atoms with Crippen LogP contribution in [0.15, 0.2) is 16.8 Å². The van der Waals surface area contributed by atoms with Crippen LogP contribution >= 0.6 is 11.3 Å². The molecular weight excluding hydrogens is 272 g/mol. The van der Waals surface area contributed by atoms with E-state index >= 15 is 0 Å². The second-order valence-electron chi connectivity index (χ2n) is 5.85. The van der Waals surface area contributed by atoms with Crippen LogP contribution in [0.1, 0.15) is 31.7 Å². The van der Waals surface area contributed by atoms with Crippen LogP contribution in [0.4, 0.5) is 0 Å². The van der Waals surface area contributed by atoms with E-state index in [1.807, 2.05) is 11.8 Å². The van der Waals surface area contributed by atoms with Gasteiger partial charge in [-0.15, -0.1) is 0 Å². The molecule has 1 aliphatic carbocycles. The SMILES string of the molecule is CC1CC(=O)NC(C2CC2)C(=O)N1CCc1ccsc1. The summed E-state index contributed by atoms with van der Waals surface area (Å²) < 4.78 is 0. The molecule has 0 aromatic carbocycles. The van der Waals surface area contributed by atoms with E-state index in [-0.39, 0.29) is 23.9 Å². The van der Waals surface area contributed by atoms with Gasteiger partial charge in [0.05, 0.1) is 0 Å². The first-order chi connectivity index (χ1) is 9.65. The van der Waals surface area contributed by atoms with Gasteiger partial charge in [-0.25, -0.2) is 0 Å². The van der Waals surface area contributed by atoms with Gasteiger partial charge in [0, 0.05) is 19.0 Å². The summed E-state index contributed by atoms with van der Waals surface area (Å²) in [5.74, 6) is 0.488. The lowest BCUT2D eigenvalue weighted by atomic mass is 10.1. The number of carbonyl (C=O) groups excluding carboxylic acids is 2. The predicted octanol–water partition coefficient (Wildman–Crippen LogP) is 1.81. The standard InChI is InChI=1S/C15H20N2O2S/c1-10-8-13(18)16-14(12-2-3-12)15(19)17(10)6-4-11-5-7-20-9-11/h5,7,9-10,12,14H,2-4,6,8H2,1H3,(H,16,18). The molecule has 2 heterocycles. The number of amides is 2. The average molecular weight is 292 g/mol. The summed E-state index contributed by atoms with van der Waals surface area (Å²) in [6.45, 7) is 2.68. The lowest BCUT2D eigenvalue weighted by Crippen LogP contribution is -2.48. The van der Waals surface area contributed by atoms with E-state index in [0.717, 1.165) is 19.3 Å². The third-order valence-electron chi connectivity index (χ3n) is 4.19. The van der Waals surface area contributed by atoms with Crippen LogP contribution in [-0.4, -0.2) is 35.3 Å². The maximum Gasteiger partial charge on any atom is 0.245 e. The van der Waals surface area contributed by atoms with Crippen molar-refractivity contribution >= 4 is 23.2 Å². The highest BCUT2D eigenvalue weighted by molar-refractivity contribution is 7.07. The van der Waals surface area contributed by atoms with E-state index in [1.54, 1.807) is 11.3 Å². The van der Waals surface area contributed by atoms with E-state index in [4.69, 9.17) is 0 Å². The average Bonchev–Trinajstić information content (AvgIpc) is 3.13. The Labute approximate surface area is 123 Å². The minimum atomic E-state index is -0.282. The molecule has 1 saturated heterocycles. The second-order valence-corrected chi connectivity index (χ2v) is 6.63. The van der Waals surface area contributed by atoms with Crippen molar-refractivity contribution in [2.45, 2.75) is 44.7 Å². The zero-order chi connectivity index (χ0) is 14.1. The van der Waals surface area contributed by atoms with Crippen molar-refractivity contribution < 1.29 is 9.59 Å². The molecule has 1 N–H and O–H groups in total. The highest BCUT2D eigenvalue weighted by Gasteiger charge is 2.42. The molecule has 1 aliphatic heterocycles. The first-order valence-electron chi connectivity index (χ1n) is 7.26. The van der Waals surface area contributed by atoms with E-state index in [2.05, 4.69) is 22.1 Å². The Kier molecular flexibility index (Phi) is 3.78. The van der Waals surface area contributed by atoms with Crippen molar-refractivity contribution in [2.24, 2.45) is 5.92 Å². The van der Waals surface area contributed by atoms with Crippen molar-refractivity contribution in [3.05, 3.63) is 22.4 Å². The number of carbonyl (C=O) groups is 2. The maximum absolute atomic E-state index is 12.7. The van der Waals surface area contributed by atoms with Crippen LogP contribution in [0.3, 0.4) is 0 Å². The molecule has 0 bridgehead atoms. The highest BCUT2D eigenvalue weighted by atomic mass is 32.1. The first kappa shape index (κ1) is 13.6. The third-order valence-corrected chi connectivity index (χ3v) is 4.93. The van der Waals surface area contributed by atoms with Crippen molar-refractivity contribution in [1.82, 2.24) is 10.2 Å². The fraction of sp³-hybridized carbons (Fsp3) is 0.600. The van der Waals surface area contributed by atoms with Gasteiger partial charge < -0.3 is 10.2 Å².